The lowest BCUT2D eigenvalue weighted by Crippen LogP contribution is -3.20. The van der Waals surface area contributed by atoms with Crippen LogP contribution in [0.1, 0.15) is 11.4 Å². The predicted molar refractivity (Wildman–Crippen MR) is 61.1 cm³/mol. The Morgan fingerprint density at radius 1 is 1.20 bits per heavy atom. The number of piperazine rings is 1. The van der Waals surface area contributed by atoms with E-state index in [0.29, 0.717) is 0 Å². The van der Waals surface area contributed by atoms with Gasteiger partial charge in [-0.3, -0.25) is 0 Å². The first-order valence-electron chi connectivity index (χ1n) is 6.05. The van der Waals surface area contributed by atoms with E-state index in [2.05, 4.69) is 35.9 Å². The molecule has 84 valence electrons. The molecule has 1 aromatic heterocycles. The van der Waals surface area contributed by atoms with Crippen LogP contribution in [-0.4, -0.2) is 37.3 Å². The largest absolute Gasteiger partial charge is 0.344 e. The Bertz CT molecular complexity index is 291. The highest BCUT2D eigenvalue weighted by atomic mass is 15.2. The van der Waals surface area contributed by atoms with E-state index in [0.717, 1.165) is 0 Å². The molecule has 0 aliphatic carbocycles. The molecule has 15 heavy (non-hydrogen) atoms. The molecule has 1 aromatic rings. The van der Waals surface area contributed by atoms with Crippen molar-refractivity contribution in [3.8, 4) is 0 Å². The molecule has 0 saturated carbocycles. The van der Waals surface area contributed by atoms with Gasteiger partial charge in [0.2, 0.25) is 0 Å². The Kier molecular flexibility index (Phi) is 3.44. The molecule has 3 heteroatoms. The minimum Gasteiger partial charge on any atom is -0.344 e. The molecule has 0 spiro atoms. The van der Waals surface area contributed by atoms with Gasteiger partial charge in [-0.05, 0) is 26.0 Å². The second-order valence-electron chi connectivity index (χ2n) is 4.63. The molecule has 0 unspecified atom stereocenters. The van der Waals surface area contributed by atoms with E-state index in [4.69, 9.17) is 0 Å². The van der Waals surface area contributed by atoms with Crippen LogP contribution < -0.4 is 10.2 Å². The Morgan fingerprint density at radius 2 is 1.80 bits per heavy atom. The second-order valence-corrected chi connectivity index (χ2v) is 4.63. The van der Waals surface area contributed by atoms with Crippen LogP contribution in [0.2, 0.25) is 0 Å². The van der Waals surface area contributed by atoms with Crippen molar-refractivity contribution in [2.75, 3.05) is 32.7 Å². The summed E-state index contributed by atoms with van der Waals surface area (Å²) in [6, 6.07) is 4.43. The third-order valence-electron chi connectivity index (χ3n) is 3.51. The summed E-state index contributed by atoms with van der Waals surface area (Å²) < 4.78 is 2.44. The lowest BCUT2D eigenvalue weighted by molar-refractivity contribution is -0.947. The van der Waals surface area contributed by atoms with Crippen molar-refractivity contribution >= 4 is 0 Å². The standard InChI is InChI=1S/C12H21N3/c1-11-3-4-12(2)15(11)10-9-14-7-5-13-6-8-14/h3-4,13H,5-10H2,1-2H3/p+2. The summed E-state index contributed by atoms with van der Waals surface area (Å²) >= 11 is 0. The van der Waals surface area contributed by atoms with E-state index in [1.54, 1.807) is 4.90 Å². The first-order valence-corrected chi connectivity index (χ1v) is 6.05. The van der Waals surface area contributed by atoms with Crippen molar-refractivity contribution in [3.63, 3.8) is 0 Å². The molecule has 3 N–H and O–H groups in total. The number of nitrogens with two attached hydrogens (primary N) is 1. The summed E-state index contributed by atoms with van der Waals surface area (Å²) in [6.07, 6.45) is 0. The minimum absolute atomic E-state index is 1.18. The summed E-state index contributed by atoms with van der Waals surface area (Å²) in [4.78, 5) is 1.77. The van der Waals surface area contributed by atoms with Crippen LogP contribution in [0.3, 0.4) is 0 Å². The lowest BCUT2D eigenvalue weighted by Gasteiger charge is -2.23. The highest BCUT2D eigenvalue weighted by Crippen LogP contribution is 2.05. The summed E-state index contributed by atoms with van der Waals surface area (Å²) in [5.74, 6) is 0. The average Bonchev–Trinajstić information content (AvgIpc) is 2.58. The van der Waals surface area contributed by atoms with Gasteiger partial charge in [-0.25, -0.2) is 0 Å². The quantitative estimate of drug-likeness (QED) is 0.610. The minimum atomic E-state index is 1.18. The first kappa shape index (κ1) is 10.7. The van der Waals surface area contributed by atoms with Crippen LogP contribution in [0.15, 0.2) is 12.1 Å². The number of nitrogens with zero attached hydrogens (tertiary/aromatic N) is 1. The molecule has 1 fully saturated rings. The molecule has 1 aliphatic rings. The van der Waals surface area contributed by atoms with Crippen molar-refractivity contribution in [1.29, 1.82) is 0 Å². The number of quaternary nitrogens is 2. The summed E-state index contributed by atoms with van der Waals surface area (Å²) in [5.41, 5.74) is 2.80. The second kappa shape index (κ2) is 4.81. The van der Waals surface area contributed by atoms with Gasteiger partial charge in [0.05, 0.1) is 13.1 Å². The maximum absolute atomic E-state index is 2.44. The van der Waals surface area contributed by atoms with E-state index < -0.39 is 0 Å². The highest BCUT2D eigenvalue weighted by Gasteiger charge is 2.15. The maximum Gasteiger partial charge on any atom is 0.127 e. The van der Waals surface area contributed by atoms with Crippen LogP contribution in [0, 0.1) is 13.8 Å². The zero-order chi connectivity index (χ0) is 10.7. The SMILES string of the molecule is Cc1ccc(C)n1CC[NH+]1CC[NH2+]CC1. The van der Waals surface area contributed by atoms with Crippen LogP contribution in [-0.2, 0) is 6.54 Å². The van der Waals surface area contributed by atoms with Crippen LogP contribution in [0.25, 0.3) is 0 Å². The van der Waals surface area contributed by atoms with E-state index >= 15 is 0 Å². The summed E-state index contributed by atoms with van der Waals surface area (Å²) in [5, 5.41) is 2.43. The summed E-state index contributed by atoms with van der Waals surface area (Å²) in [6.45, 7) is 12.1. The molecule has 3 nitrogen and oxygen atoms in total. The van der Waals surface area contributed by atoms with Gasteiger partial charge < -0.3 is 14.8 Å². The Balaban J connectivity index is 1.87. The molecule has 0 amide bonds. The van der Waals surface area contributed by atoms with Crippen molar-refractivity contribution in [3.05, 3.63) is 23.5 Å². The van der Waals surface area contributed by atoms with E-state index in [1.165, 1.54) is 50.7 Å². The van der Waals surface area contributed by atoms with Gasteiger partial charge in [0.1, 0.15) is 26.2 Å². The van der Waals surface area contributed by atoms with Crippen molar-refractivity contribution in [2.45, 2.75) is 20.4 Å². The molecular formula is C12H23N3+2. The van der Waals surface area contributed by atoms with Crippen LogP contribution >= 0.6 is 0 Å². The van der Waals surface area contributed by atoms with Gasteiger partial charge in [-0.15, -0.1) is 0 Å². The number of aryl methyl sites for hydroxylation is 2. The predicted octanol–water partition coefficient (Wildman–Crippen LogP) is -1.43. The van der Waals surface area contributed by atoms with Crippen LogP contribution in [0.5, 0.6) is 0 Å². The smallest absolute Gasteiger partial charge is 0.127 e. The Hall–Kier alpha value is -0.800. The Morgan fingerprint density at radius 3 is 2.40 bits per heavy atom. The third kappa shape index (κ3) is 2.61. The van der Waals surface area contributed by atoms with Gasteiger partial charge in [-0.2, -0.15) is 0 Å². The first-order chi connectivity index (χ1) is 7.27. The van der Waals surface area contributed by atoms with Gasteiger partial charge in [-0.1, -0.05) is 0 Å². The maximum atomic E-state index is 2.44. The molecule has 0 atom stereocenters. The van der Waals surface area contributed by atoms with Gasteiger partial charge in [0, 0.05) is 11.4 Å². The summed E-state index contributed by atoms with van der Waals surface area (Å²) in [7, 11) is 0. The normalized spacial score (nSPS) is 18.3. The molecule has 1 aliphatic heterocycles. The fraction of sp³-hybridized carbons (Fsp3) is 0.667. The monoisotopic (exact) mass is 209 g/mol. The van der Waals surface area contributed by atoms with Crippen LogP contribution in [0.4, 0.5) is 0 Å². The van der Waals surface area contributed by atoms with Crippen molar-refractivity contribution in [2.24, 2.45) is 0 Å². The molecule has 2 rings (SSSR count). The fourth-order valence-corrected chi connectivity index (χ4v) is 2.45. The van der Waals surface area contributed by atoms with Gasteiger partial charge >= 0.3 is 0 Å². The Labute approximate surface area is 92.1 Å². The number of rotatable bonds is 3. The zero-order valence-electron chi connectivity index (χ0n) is 9.92. The van der Waals surface area contributed by atoms with E-state index in [1.807, 2.05) is 0 Å². The average molecular weight is 209 g/mol. The molecule has 0 aromatic carbocycles. The van der Waals surface area contributed by atoms with Crippen molar-refractivity contribution < 1.29 is 10.2 Å². The topological polar surface area (TPSA) is 26.0 Å². The number of hydrogen-bond acceptors (Lipinski definition) is 0. The molecule has 0 bridgehead atoms. The highest BCUT2D eigenvalue weighted by molar-refractivity contribution is 5.13. The fourth-order valence-electron chi connectivity index (χ4n) is 2.45. The van der Waals surface area contributed by atoms with E-state index in [9.17, 15) is 0 Å². The van der Waals surface area contributed by atoms with Gasteiger partial charge in [0.25, 0.3) is 0 Å². The lowest BCUT2D eigenvalue weighted by atomic mass is 10.3. The van der Waals surface area contributed by atoms with Gasteiger partial charge in [0.15, 0.2) is 0 Å². The molecular weight excluding hydrogens is 186 g/mol. The molecule has 2 heterocycles. The van der Waals surface area contributed by atoms with Crippen molar-refractivity contribution in [1.82, 2.24) is 4.57 Å². The molecule has 0 radical (unpaired) electrons. The number of hydrogen-bond donors (Lipinski definition) is 2. The zero-order valence-corrected chi connectivity index (χ0v) is 9.92. The molecule has 1 saturated heterocycles. The number of aromatic nitrogens is 1. The van der Waals surface area contributed by atoms with E-state index in [-0.39, 0.29) is 0 Å². The third-order valence-corrected chi connectivity index (χ3v) is 3.51. The number of nitrogens with one attached hydrogen (secondary N) is 1.